The average Bonchev–Trinajstić information content (AvgIpc) is 2.75. The first-order chi connectivity index (χ1) is 8.09. The number of aromatic nitrogens is 2. The molecule has 1 aliphatic heterocycles. The molecule has 0 saturated carbocycles. The number of hydrogen-bond acceptors (Lipinski definition) is 4. The molecule has 17 heavy (non-hydrogen) atoms. The summed E-state index contributed by atoms with van der Waals surface area (Å²) in [5.41, 5.74) is 4.81. The van der Waals surface area contributed by atoms with Gasteiger partial charge in [-0.25, -0.2) is 0 Å². The maximum atomic E-state index is 11.8. The van der Waals surface area contributed by atoms with Gasteiger partial charge >= 0.3 is 0 Å². The van der Waals surface area contributed by atoms with E-state index < -0.39 is 11.4 Å². The summed E-state index contributed by atoms with van der Waals surface area (Å²) < 4.78 is 0. The minimum Gasteiger partial charge on any atom is -0.367 e. The number of amides is 2. The highest BCUT2D eigenvalue weighted by molar-refractivity contribution is 5.91. The van der Waals surface area contributed by atoms with Gasteiger partial charge in [0.15, 0.2) is 5.54 Å². The van der Waals surface area contributed by atoms with Crippen LogP contribution in [-0.2, 0) is 15.1 Å². The summed E-state index contributed by atoms with van der Waals surface area (Å²) in [5, 5.41) is 0. The highest BCUT2D eigenvalue weighted by atomic mass is 16.2. The van der Waals surface area contributed by atoms with Crippen LogP contribution in [0.15, 0.2) is 18.6 Å². The number of carbonyl (C=O) groups excluding carboxylic acids is 2. The molecule has 6 nitrogen and oxygen atoms in total. The quantitative estimate of drug-likeness (QED) is 0.767. The van der Waals surface area contributed by atoms with Crippen molar-refractivity contribution in [2.24, 2.45) is 5.73 Å². The van der Waals surface area contributed by atoms with E-state index in [1.54, 1.807) is 0 Å². The first-order valence-electron chi connectivity index (χ1n) is 5.43. The number of carbonyl (C=O) groups is 2. The standard InChI is InChI=1S/C11H14N4O2/c1-8(16)15-6-2-3-11(15,10(12)17)9-7-13-4-5-14-9/h4-5,7H,2-3,6H2,1H3,(H2,12,17). The van der Waals surface area contributed by atoms with Gasteiger partial charge in [-0.3, -0.25) is 19.6 Å². The first kappa shape index (κ1) is 11.5. The molecule has 2 rings (SSSR count). The van der Waals surface area contributed by atoms with Crippen LogP contribution in [0.5, 0.6) is 0 Å². The Hall–Kier alpha value is -1.98. The van der Waals surface area contributed by atoms with Crippen molar-refractivity contribution in [3.8, 4) is 0 Å². The molecule has 1 atom stereocenters. The van der Waals surface area contributed by atoms with Crippen molar-refractivity contribution in [1.82, 2.24) is 14.9 Å². The van der Waals surface area contributed by atoms with E-state index in [1.165, 1.54) is 30.4 Å². The molecular formula is C11H14N4O2. The van der Waals surface area contributed by atoms with Gasteiger partial charge in [-0.05, 0) is 12.8 Å². The van der Waals surface area contributed by atoms with Gasteiger partial charge in [0.1, 0.15) is 0 Å². The monoisotopic (exact) mass is 234 g/mol. The molecule has 1 aromatic rings. The topological polar surface area (TPSA) is 89.2 Å². The van der Waals surface area contributed by atoms with Crippen LogP contribution in [-0.4, -0.2) is 33.2 Å². The SMILES string of the molecule is CC(=O)N1CCCC1(C(N)=O)c1cnccn1. The lowest BCUT2D eigenvalue weighted by Gasteiger charge is -2.34. The maximum Gasteiger partial charge on any atom is 0.249 e. The van der Waals surface area contributed by atoms with Gasteiger partial charge in [-0.1, -0.05) is 0 Å². The zero-order chi connectivity index (χ0) is 12.5. The third kappa shape index (κ3) is 1.65. The molecule has 90 valence electrons. The van der Waals surface area contributed by atoms with E-state index in [0.29, 0.717) is 18.7 Å². The van der Waals surface area contributed by atoms with E-state index in [-0.39, 0.29) is 5.91 Å². The second-order valence-corrected chi connectivity index (χ2v) is 4.09. The van der Waals surface area contributed by atoms with Gasteiger partial charge in [0.05, 0.1) is 11.9 Å². The molecule has 1 saturated heterocycles. The molecule has 1 unspecified atom stereocenters. The molecule has 2 N–H and O–H groups in total. The lowest BCUT2D eigenvalue weighted by molar-refractivity contribution is -0.142. The second-order valence-electron chi connectivity index (χ2n) is 4.09. The van der Waals surface area contributed by atoms with Crippen LogP contribution in [0.2, 0.25) is 0 Å². The van der Waals surface area contributed by atoms with Crippen molar-refractivity contribution < 1.29 is 9.59 Å². The predicted molar refractivity (Wildman–Crippen MR) is 59.5 cm³/mol. The maximum absolute atomic E-state index is 11.8. The highest BCUT2D eigenvalue weighted by Gasteiger charge is 2.50. The van der Waals surface area contributed by atoms with Crippen LogP contribution in [0, 0.1) is 0 Å². The van der Waals surface area contributed by atoms with Crippen LogP contribution in [0.3, 0.4) is 0 Å². The van der Waals surface area contributed by atoms with Gasteiger partial charge in [-0.15, -0.1) is 0 Å². The average molecular weight is 234 g/mol. The van der Waals surface area contributed by atoms with Gasteiger partial charge < -0.3 is 10.6 Å². The van der Waals surface area contributed by atoms with E-state index >= 15 is 0 Å². The summed E-state index contributed by atoms with van der Waals surface area (Å²) in [5.74, 6) is -0.724. The molecule has 0 aliphatic carbocycles. The molecule has 0 aromatic carbocycles. The Balaban J connectivity index is 2.54. The van der Waals surface area contributed by atoms with Crippen molar-refractivity contribution in [3.05, 3.63) is 24.3 Å². The number of rotatable bonds is 2. The summed E-state index contributed by atoms with van der Waals surface area (Å²) in [7, 11) is 0. The van der Waals surface area contributed by atoms with Crippen molar-refractivity contribution >= 4 is 11.8 Å². The van der Waals surface area contributed by atoms with Crippen LogP contribution in [0.4, 0.5) is 0 Å². The van der Waals surface area contributed by atoms with Crippen LogP contribution < -0.4 is 5.73 Å². The lowest BCUT2D eigenvalue weighted by atomic mass is 9.91. The molecule has 2 heterocycles. The summed E-state index contributed by atoms with van der Waals surface area (Å²) in [6.45, 7) is 1.95. The van der Waals surface area contributed by atoms with E-state index in [9.17, 15) is 9.59 Å². The number of hydrogen-bond donors (Lipinski definition) is 1. The summed E-state index contributed by atoms with van der Waals surface area (Å²) >= 11 is 0. The molecular weight excluding hydrogens is 220 g/mol. The highest BCUT2D eigenvalue weighted by Crippen LogP contribution is 2.37. The summed E-state index contributed by atoms with van der Waals surface area (Å²) in [6, 6.07) is 0. The summed E-state index contributed by atoms with van der Waals surface area (Å²) in [4.78, 5) is 33.0. The fourth-order valence-corrected chi connectivity index (χ4v) is 2.41. The second kappa shape index (κ2) is 4.12. The number of primary amides is 1. The first-order valence-corrected chi connectivity index (χ1v) is 5.43. The molecule has 0 bridgehead atoms. The Morgan fingerprint density at radius 1 is 1.47 bits per heavy atom. The Morgan fingerprint density at radius 3 is 2.76 bits per heavy atom. The predicted octanol–water partition coefficient (Wildman–Crippen LogP) is -0.200. The van der Waals surface area contributed by atoms with Crippen molar-refractivity contribution in [3.63, 3.8) is 0 Å². The van der Waals surface area contributed by atoms with Crippen molar-refractivity contribution in [2.45, 2.75) is 25.3 Å². The molecule has 1 aromatic heterocycles. The van der Waals surface area contributed by atoms with E-state index in [0.717, 1.165) is 6.42 Å². The van der Waals surface area contributed by atoms with Crippen LogP contribution in [0.1, 0.15) is 25.5 Å². The number of nitrogens with two attached hydrogens (primary N) is 1. The third-order valence-electron chi connectivity index (χ3n) is 3.16. The van der Waals surface area contributed by atoms with Crippen LogP contribution >= 0.6 is 0 Å². The van der Waals surface area contributed by atoms with E-state index in [2.05, 4.69) is 9.97 Å². The Kier molecular flexibility index (Phi) is 2.79. The van der Waals surface area contributed by atoms with E-state index in [4.69, 9.17) is 5.73 Å². The Bertz CT molecular complexity index is 448. The fourth-order valence-electron chi connectivity index (χ4n) is 2.41. The lowest BCUT2D eigenvalue weighted by Crippen LogP contribution is -2.53. The molecule has 1 fully saturated rings. The van der Waals surface area contributed by atoms with Gasteiger partial charge in [0, 0.05) is 25.9 Å². The third-order valence-corrected chi connectivity index (χ3v) is 3.16. The van der Waals surface area contributed by atoms with Crippen molar-refractivity contribution in [1.29, 1.82) is 0 Å². The normalized spacial score (nSPS) is 23.7. The Morgan fingerprint density at radius 2 is 2.24 bits per heavy atom. The zero-order valence-corrected chi connectivity index (χ0v) is 9.59. The minimum atomic E-state index is -1.12. The molecule has 1 aliphatic rings. The minimum absolute atomic E-state index is 0.174. The van der Waals surface area contributed by atoms with Crippen LogP contribution in [0.25, 0.3) is 0 Å². The number of likely N-dealkylation sites (tertiary alicyclic amines) is 1. The molecule has 0 radical (unpaired) electrons. The van der Waals surface area contributed by atoms with Gasteiger partial charge in [0.2, 0.25) is 11.8 Å². The zero-order valence-electron chi connectivity index (χ0n) is 9.59. The smallest absolute Gasteiger partial charge is 0.249 e. The van der Waals surface area contributed by atoms with Crippen molar-refractivity contribution in [2.75, 3.05) is 6.54 Å². The largest absolute Gasteiger partial charge is 0.367 e. The van der Waals surface area contributed by atoms with Gasteiger partial charge in [0.25, 0.3) is 0 Å². The fraction of sp³-hybridized carbons (Fsp3) is 0.455. The molecule has 0 spiro atoms. The van der Waals surface area contributed by atoms with Gasteiger partial charge in [-0.2, -0.15) is 0 Å². The number of nitrogens with zero attached hydrogens (tertiary/aromatic N) is 3. The summed E-state index contributed by atoms with van der Waals surface area (Å²) in [6.07, 6.45) is 5.74. The molecule has 2 amide bonds. The molecule has 6 heteroatoms. The van der Waals surface area contributed by atoms with E-state index in [1.807, 2.05) is 0 Å². The Labute approximate surface area is 98.8 Å².